The van der Waals surface area contributed by atoms with Crippen molar-refractivity contribution >= 4 is 25.8 Å². The number of carbonyl (C=O) groups is 1. The van der Waals surface area contributed by atoms with E-state index in [2.05, 4.69) is 42.1 Å². The van der Waals surface area contributed by atoms with Crippen LogP contribution in [0.15, 0.2) is 47.4 Å². The Kier molecular flexibility index (Phi) is 7.18. The molecule has 1 aliphatic rings. The van der Waals surface area contributed by atoms with Crippen molar-refractivity contribution in [1.29, 1.82) is 0 Å². The first-order valence-corrected chi connectivity index (χ1v) is 13.5. The molecule has 0 spiro atoms. The molecule has 1 atom stereocenters. The number of sulfonamides is 1. The number of nitrogens with one attached hydrogen (secondary N) is 2. The molecule has 1 fully saturated rings. The normalized spacial score (nSPS) is 18.1. The minimum Gasteiger partial charge on any atom is -0.352 e. The lowest BCUT2D eigenvalue weighted by Gasteiger charge is -2.12. The highest BCUT2D eigenvalue weighted by atomic mass is 32.2. The molecule has 9 heteroatoms. The summed E-state index contributed by atoms with van der Waals surface area (Å²) in [5.74, 6) is -0.461. The zero-order valence-corrected chi connectivity index (χ0v) is 19.4. The zero-order valence-electron chi connectivity index (χ0n) is 17.7. The molecule has 1 heterocycles. The van der Waals surface area contributed by atoms with E-state index in [0.29, 0.717) is 12.1 Å². The van der Waals surface area contributed by atoms with Gasteiger partial charge in [0.1, 0.15) is 0 Å². The van der Waals surface area contributed by atoms with Crippen molar-refractivity contribution in [2.75, 3.05) is 18.1 Å². The average Bonchev–Trinajstić information content (AvgIpc) is 3.04. The van der Waals surface area contributed by atoms with Crippen LogP contribution in [0.5, 0.6) is 0 Å². The quantitative estimate of drug-likeness (QED) is 0.582. The maximum atomic E-state index is 12.5. The van der Waals surface area contributed by atoms with Crippen molar-refractivity contribution in [3.63, 3.8) is 0 Å². The van der Waals surface area contributed by atoms with E-state index in [1.165, 1.54) is 41.0 Å². The van der Waals surface area contributed by atoms with E-state index in [0.717, 1.165) is 12.8 Å². The summed E-state index contributed by atoms with van der Waals surface area (Å²) in [5.41, 5.74) is 4.10. The molecule has 168 valence electrons. The highest BCUT2D eigenvalue weighted by molar-refractivity contribution is 7.92. The fraction of sp³-hybridized carbons (Fsp3) is 0.409. The molecule has 0 aliphatic carbocycles. The lowest BCUT2D eigenvalue weighted by Crippen LogP contribution is -2.35. The molecule has 0 saturated carbocycles. The van der Waals surface area contributed by atoms with Crippen molar-refractivity contribution in [3.8, 4) is 0 Å². The van der Waals surface area contributed by atoms with E-state index in [1.54, 1.807) is 0 Å². The summed E-state index contributed by atoms with van der Waals surface area (Å²) in [7, 11) is -7.02. The fourth-order valence-electron chi connectivity index (χ4n) is 3.67. The second kappa shape index (κ2) is 9.50. The van der Waals surface area contributed by atoms with Gasteiger partial charge in [-0.1, -0.05) is 23.8 Å². The highest BCUT2D eigenvalue weighted by Gasteiger charge is 2.31. The average molecular weight is 465 g/mol. The van der Waals surface area contributed by atoms with Crippen LogP contribution in [0.1, 0.15) is 39.9 Å². The van der Waals surface area contributed by atoms with Crippen molar-refractivity contribution in [2.45, 2.75) is 44.0 Å². The van der Waals surface area contributed by atoms with E-state index >= 15 is 0 Å². The first-order chi connectivity index (χ1) is 14.6. The molecule has 0 aromatic heterocycles. The van der Waals surface area contributed by atoms with Gasteiger partial charge in [-0.15, -0.1) is 0 Å². The third-order valence-electron chi connectivity index (χ3n) is 5.39. The van der Waals surface area contributed by atoms with Crippen LogP contribution >= 0.6 is 0 Å². The summed E-state index contributed by atoms with van der Waals surface area (Å²) in [5, 5.41) is 2.86. The van der Waals surface area contributed by atoms with Crippen LogP contribution in [-0.4, -0.2) is 46.8 Å². The van der Waals surface area contributed by atoms with Crippen molar-refractivity contribution in [3.05, 3.63) is 64.7 Å². The summed E-state index contributed by atoms with van der Waals surface area (Å²) in [6.45, 7) is 4.66. The third-order valence-corrected chi connectivity index (χ3v) is 8.69. The van der Waals surface area contributed by atoms with Gasteiger partial charge in [0, 0.05) is 18.2 Å². The first kappa shape index (κ1) is 23.4. The summed E-state index contributed by atoms with van der Waals surface area (Å²) >= 11 is 0. The lowest BCUT2D eigenvalue weighted by atomic mass is 10.0. The van der Waals surface area contributed by atoms with Crippen LogP contribution in [0.4, 0.5) is 0 Å². The van der Waals surface area contributed by atoms with Gasteiger partial charge in [-0.2, -0.15) is 0 Å². The van der Waals surface area contributed by atoms with Gasteiger partial charge >= 0.3 is 0 Å². The van der Waals surface area contributed by atoms with Crippen LogP contribution in [-0.2, 0) is 26.3 Å². The van der Waals surface area contributed by atoms with Gasteiger partial charge < -0.3 is 5.32 Å². The van der Waals surface area contributed by atoms with Gasteiger partial charge in [-0.25, -0.2) is 21.6 Å². The molecule has 1 saturated heterocycles. The number of hydrogen-bond donors (Lipinski definition) is 2. The maximum absolute atomic E-state index is 12.5. The maximum Gasteiger partial charge on any atom is 0.251 e. The van der Waals surface area contributed by atoms with Gasteiger partial charge in [0.05, 0.1) is 16.4 Å². The van der Waals surface area contributed by atoms with Crippen LogP contribution in [0.2, 0.25) is 0 Å². The molecule has 7 nitrogen and oxygen atoms in total. The molecular weight excluding hydrogens is 436 g/mol. The van der Waals surface area contributed by atoms with Crippen molar-refractivity contribution < 1.29 is 21.6 Å². The summed E-state index contributed by atoms with van der Waals surface area (Å²) in [6, 6.07) is 11.3. The molecule has 0 radical (unpaired) electrons. The van der Waals surface area contributed by atoms with Crippen LogP contribution in [0.3, 0.4) is 0 Å². The predicted molar refractivity (Wildman–Crippen MR) is 120 cm³/mol. The first-order valence-electron chi connectivity index (χ1n) is 10.2. The number of amides is 1. The lowest BCUT2D eigenvalue weighted by molar-refractivity contribution is 0.0953. The second-order valence-electron chi connectivity index (χ2n) is 8.04. The van der Waals surface area contributed by atoms with Gasteiger partial charge in [-0.05, 0) is 68.5 Å². The Morgan fingerprint density at radius 3 is 2.42 bits per heavy atom. The monoisotopic (exact) mass is 464 g/mol. The van der Waals surface area contributed by atoms with Crippen LogP contribution < -0.4 is 10.0 Å². The molecule has 1 aliphatic heterocycles. The molecule has 1 amide bonds. The summed E-state index contributed by atoms with van der Waals surface area (Å²) in [6.07, 6.45) is 1.94. The van der Waals surface area contributed by atoms with Gasteiger partial charge in [-0.3, -0.25) is 4.79 Å². The molecule has 0 unspecified atom stereocenters. The number of aryl methyl sites for hydroxylation is 3. The number of hydrogen-bond acceptors (Lipinski definition) is 5. The second-order valence-corrected chi connectivity index (χ2v) is 12.0. The van der Waals surface area contributed by atoms with E-state index in [1.807, 2.05) is 0 Å². The van der Waals surface area contributed by atoms with E-state index in [4.69, 9.17) is 0 Å². The summed E-state index contributed by atoms with van der Waals surface area (Å²) in [4.78, 5) is 12.3. The minimum absolute atomic E-state index is 0.00296. The fourth-order valence-corrected chi connectivity index (χ4v) is 6.72. The van der Waals surface area contributed by atoms with Crippen LogP contribution in [0, 0.1) is 13.8 Å². The van der Waals surface area contributed by atoms with E-state index < -0.39 is 25.9 Å². The van der Waals surface area contributed by atoms with Crippen LogP contribution in [0.25, 0.3) is 0 Å². The molecule has 0 bridgehead atoms. The number of benzene rings is 2. The molecular formula is C22H28N2O5S2. The zero-order chi connectivity index (χ0) is 22.6. The Balaban J connectivity index is 1.51. The number of rotatable bonds is 8. The third kappa shape index (κ3) is 6.38. The Bertz CT molecular complexity index is 1160. The van der Waals surface area contributed by atoms with Gasteiger partial charge in [0.2, 0.25) is 10.0 Å². The van der Waals surface area contributed by atoms with E-state index in [-0.39, 0.29) is 28.7 Å². The predicted octanol–water partition coefficient (Wildman–Crippen LogP) is 2.13. The largest absolute Gasteiger partial charge is 0.352 e. The SMILES string of the molecule is Cc1ccc(CCCNC(=O)c2ccc(S(=O)(=O)N[C@@H]3CCS(=O)(=O)C3)cc2)c(C)c1. The topological polar surface area (TPSA) is 109 Å². The minimum atomic E-state index is -3.84. The Morgan fingerprint density at radius 2 is 1.81 bits per heavy atom. The molecule has 3 rings (SSSR count). The van der Waals surface area contributed by atoms with Gasteiger partial charge in [0.25, 0.3) is 5.91 Å². The van der Waals surface area contributed by atoms with Crippen molar-refractivity contribution in [2.24, 2.45) is 0 Å². The van der Waals surface area contributed by atoms with Crippen molar-refractivity contribution in [1.82, 2.24) is 10.0 Å². The smallest absolute Gasteiger partial charge is 0.251 e. The number of sulfone groups is 1. The molecule has 31 heavy (non-hydrogen) atoms. The van der Waals surface area contributed by atoms with E-state index in [9.17, 15) is 21.6 Å². The Morgan fingerprint density at radius 1 is 1.10 bits per heavy atom. The Labute approximate surface area is 184 Å². The molecule has 2 aromatic carbocycles. The molecule has 2 N–H and O–H groups in total. The molecule has 2 aromatic rings. The van der Waals surface area contributed by atoms with Gasteiger partial charge in [0.15, 0.2) is 9.84 Å². The Hall–Kier alpha value is -2.23. The standard InChI is InChI=1S/C22H28N2O5S2/c1-16-5-6-18(17(2)14-16)4-3-12-23-22(25)19-7-9-21(10-8-19)31(28,29)24-20-11-13-30(26,27)15-20/h5-10,14,20,24H,3-4,11-13,15H2,1-2H3,(H,23,25)/t20-/m1/s1. The highest BCUT2D eigenvalue weighted by Crippen LogP contribution is 2.17. The number of carbonyl (C=O) groups excluding carboxylic acids is 1. The summed E-state index contributed by atoms with van der Waals surface area (Å²) < 4.78 is 50.4.